The largest absolute Gasteiger partial charge is 0.0654 e. The average molecular weight is 260 g/mol. The molecule has 1 aromatic rings. The first-order valence-electron chi connectivity index (χ1n) is 8.22. The van der Waals surface area contributed by atoms with Crippen molar-refractivity contribution in [3.8, 4) is 0 Å². The van der Waals surface area contributed by atoms with Crippen LogP contribution in [-0.4, -0.2) is 0 Å². The molecule has 0 aliphatic heterocycles. The molecule has 0 spiro atoms. The van der Waals surface area contributed by atoms with Gasteiger partial charge in [0, 0.05) is 0 Å². The molecule has 0 radical (unpaired) electrons. The summed E-state index contributed by atoms with van der Waals surface area (Å²) in [7, 11) is 0. The number of hydrogen-bond acceptors (Lipinski definition) is 0. The Morgan fingerprint density at radius 3 is 2.05 bits per heavy atom. The molecule has 1 rings (SSSR count). The minimum atomic E-state index is 0.762. The van der Waals surface area contributed by atoms with Gasteiger partial charge in [0.05, 0.1) is 0 Å². The predicted octanol–water partition coefficient (Wildman–Crippen LogP) is 6.11. The molecular weight excluding hydrogens is 228 g/mol. The van der Waals surface area contributed by atoms with Crippen LogP contribution in [0.1, 0.15) is 87.1 Å². The Bertz CT molecular complexity index is 401. The van der Waals surface area contributed by atoms with E-state index < -0.39 is 0 Å². The second-order valence-electron chi connectivity index (χ2n) is 5.82. The second kappa shape index (κ2) is 7.72. The van der Waals surface area contributed by atoms with Crippen molar-refractivity contribution in [3.05, 3.63) is 33.9 Å². The average Bonchev–Trinajstić information content (AvgIpc) is 2.40. The maximum atomic E-state index is 2.49. The molecular formula is C19H32. The first-order valence-corrected chi connectivity index (χ1v) is 8.22. The van der Waals surface area contributed by atoms with Crippen molar-refractivity contribution in [1.29, 1.82) is 0 Å². The Morgan fingerprint density at radius 1 is 0.947 bits per heavy atom. The molecule has 0 unspecified atom stereocenters. The maximum absolute atomic E-state index is 2.49. The topological polar surface area (TPSA) is 0 Å². The van der Waals surface area contributed by atoms with Crippen molar-refractivity contribution in [2.24, 2.45) is 0 Å². The Kier molecular flexibility index (Phi) is 6.62. The third-order valence-corrected chi connectivity index (χ3v) is 4.65. The smallest absolute Gasteiger partial charge is 0.0162 e. The van der Waals surface area contributed by atoms with E-state index in [4.69, 9.17) is 0 Å². The summed E-state index contributed by atoms with van der Waals surface area (Å²) in [5, 5.41) is 0. The highest BCUT2D eigenvalue weighted by Gasteiger charge is 2.17. The molecule has 1 atom stereocenters. The van der Waals surface area contributed by atoms with Crippen LogP contribution in [0.25, 0.3) is 0 Å². The van der Waals surface area contributed by atoms with Crippen LogP contribution < -0.4 is 0 Å². The van der Waals surface area contributed by atoms with E-state index in [0.717, 1.165) is 12.3 Å². The van der Waals surface area contributed by atoms with Gasteiger partial charge in [0.15, 0.2) is 0 Å². The van der Waals surface area contributed by atoms with Crippen molar-refractivity contribution >= 4 is 0 Å². The Balaban J connectivity index is 3.25. The molecule has 0 saturated heterocycles. The summed E-state index contributed by atoms with van der Waals surface area (Å²) in [5.41, 5.74) is 7.92. The zero-order valence-corrected chi connectivity index (χ0v) is 13.9. The van der Waals surface area contributed by atoms with Gasteiger partial charge in [-0.15, -0.1) is 0 Å². The van der Waals surface area contributed by atoms with Gasteiger partial charge in [-0.1, -0.05) is 46.6 Å². The fourth-order valence-electron chi connectivity index (χ4n) is 3.51. The molecule has 0 N–H and O–H groups in total. The standard InChI is InChI=1S/C19H32/c1-7-11-12-16(8-2)19-13-14(5)17(9-3)15(6)18(19)10-4/h13,16H,7-12H2,1-6H3/t16-/m0/s1. The van der Waals surface area contributed by atoms with Crippen LogP contribution in [0.4, 0.5) is 0 Å². The molecule has 1 aromatic carbocycles. The summed E-state index contributed by atoms with van der Waals surface area (Å²) >= 11 is 0. The molecule has 0 aromatic heterocycles. The monoisotopic (exact) mass is 260 g/mol. The van der Waals surface area contributed by atoms with E-state index in [1.54, 1.807) is 22.3 Å². The molecule has 0 nitrogen and oxygen atoms in total. The van der Waals surface area contributed by atoms with Crippen LogP contribution in [0.2, 0.25) is 0 Å². The number of rotatable bonds is 7. The van der Waals surface area contributed by atoms with Crippen molar-refractivity contribution in [2.75, 3.05) is 0 Å². The third-order valence-electron chi connectivity index (χ3n) is 4.65. The first kappa shape index (κ1) is 16.3. The van der Waals surface area contributed by atoms with Crippen LogP contribution in [0.5, 0.6) is 0 Å². The molecule has 0 saturated carbocycles. The highest BCUT2D eigenvalue weighted by Crippen LogP contribution is 2.33. The summed E-state index contributed by atoms with van der Waals surface area (Å²) in [4.78, 5) is 0. The summed E-state index contributed by atoms with van der Waals surface area (Å²) in [5.74, 6) is 0.762. The first-order chi connectivity index (χ1) is 9.10. The van der Waals surface area contributed by atoms with Gasteiger partial charge in [-0.2, -0.15) is 0 Å². The number of unbranched alkanes of at least 4 members (excludes halogenated alkanes) is 1. The van der Waals surface area contributed by atoms with Crippen LogP contribution >= 0.6 is 0 Å². The molecule has 108 valence electrons. The van der Waals surface area contributed by atoms with Gasteiger partial charge >= 0.3 is 0 Å². The molecule has 0 bridgehead atoms. The zero-order valence-electron chi connectivity index (χ0n) is 13.9. The van der Waals surface area contributed by atoms with E-state index in [2.05, 4.69) is 47.6 Å². The molecule has 0 aliphatic carbocycles. The zero-order chi connectivity index (χ0) is 14.4. The van der Waals surface area contributed by atoms with E-state index in [1.165, 1.54) is 37.7 Å². The number of aryl methyl sites for hydroxylation is 1. The number of hydrogen-bond donors (Lipinski definition) is 0. The van der Waals surface area contributed by atoms with Crippen LogP contribution in [-0.2, 0) is 12.8 Å². The SMILES string of the molecule is CCCC[C@H](CC)c1cc(C)c(CC)c(C)c1CC. The molecule has 0 aliphatic rings. The van der Waals surface area contributed by atoms with E-state index in [-0.39, 0.29) is 0 Å². The number of benzene rings is 1. The molecule has 0 heteroatoms. The summed E-state index contributed by atoms with van der Waals surface area (Å²) < 4.78 is 0. The van der Waals surface area contributed by atoms with Gasteiger partial charge in [0.2, 0.25) is 0 Å². The van der Waals surface area contributed by atoms with Gasteiger partial charge in [0.1, 0.15) is 0 Å². The van der Waals surface area contributed by atoms with E-state index in [1.807, 2.05) is 0 Å². The van der Waals surface area contributed by atoms with Gasteiger partial charge < -0.3 is 0 Å². The van der Waals surface area contributed by atoms with E-state index in [9.17, 15) is 0 Å². The quantitative estimate of drug-likeness (QED) is 0.554. The van der Waals surface area contributed by atoms with Gasteiger partial charge in [-0.05, 0) is 73.3 Å². The van der Waals surface area contributed by atoms with Crippen LogP contribution in [0.3, 0.4) is 0 Å². The van der Waals surface area contributed by atoms with Crippen LogP contribution in [0, 0.1) is 13.8 Å². The lowest BCUT2D eigenvalue weighted by molar-refractivity contribution is 0.565. The predicted molar refractivity (Wildman–Crippen MR) is 87.2 cm³/mol. The lowest BCUT2D eigenvalue weighted by Gasteiger charge is -2.23. The van der Waals surface area contributed by atoms with Crippen molar-refractivity contribution < 1.29 is 0 Å². The Labute approximate surface area is 120 Å². The van der Waals surface area contributed by atoms with Crippen molar-refractivity contribution in [2.45, 2.75) is 86.0 Å². The Morgan fingerprint density at radius 2 is 1.58 bits per heavy atom. The normalized spacial score (nSPS) is 12.7. The molecule has 0 amide bonds. The minimum absolute atomic E-state index is 0.762. The van der Waals surface area contributed by atoms with Gasteiger partial charge in [-0.3, -0.25) is 0 Å². The summed E-state index contributed by atoms with van der Waals surface area (Å²) in [6.07, 6.45) is 7.63. The second-order valence-corrected chi connectivity index (χ2v) is 5.82. The lowest BCUT2D eigenvalue weighted by atomic mass is 9.82. The van der Waals surface area contributed by atoms with Gasteiger partial charge in [-0.25, -0.2) is 0 Å². The highest BCUT2D eigenvalue weighted by atomic mass is 14.2. The summed E-state index contributed by atoms with van der Waals surface area (Å²) in [6, 6.07) is 2.49. The molecule has 0 heterocycles. The molecule has 19 heavy (non-hydrogen) atoms. The Hall–Kier alpha value is -0.780. The lowest BCUT2D eigenvalue weighted by Crippen LogP contribution is -2.07. The van der Waals surface area contributed by atoms with Crippen LogP contribution in [0.15, 0.2) is 6.07 Å². The van der Waals surface area contributed by atoms with Gasteiger partial charge in [0.25, 0.3) is 0 Å². The fourth-order valence-corrected chi connectivity index (χ4v) is 3.51. The maximum Gasteiger partial charge on any atom is -0.0162 e. The van der Waals surface area contributed by atoms with Crippen molar-refractivity contribution in [1.82, 2.24) is 0 Å². The summed E-state index contributed by atoms with van der Waals surface area (Å²) in [6.45, 7) is 13.9. The van der Waals surface area contributed by atoms with E-state index in [0.29, 0.717) is 0 Å². The third kappa shape index (κ3) is 3.61. The minimum Gasteiger partial charge on any atom is -0.0654 e. The fraction of sp³-hybridized carbons (Fsp3) is 0.684. The van der Waals surface area contributed by atoms with E-state index >= 15 is 0 Å². The van der Waals surface area contributed by atoms with Crippen molar-refractivity contribution in [3.63, 3.8) is 0 Å². The highest BCUT2D eigenvalue weighted by molar-refractivity contribution is 5.46. The molecule has 0 fully saturated rings.